The second kappa shape index (κ2) is 9.55. The van der Waals surface area contributed by atoms with Gasteiger partial charge in [0.1, 0.15) is 23.1 Å². The van der Waals surface area contributed by atoms with Crippen LogP contribution in [0.1, 0.15) is 11.4 Å². The minimum atomic E-state index is -0.142. The molecule has 1 aliphatic heterocycles. The zero-order chi connectivity index (χ0) is 22.5. The monoisotopic (exact) mass is 433 g/mol. The molecule has 8 nitrogen and oxygen atoms in total. The quantitative estimate of drug-likeness (QED) is 0.648. The molecule has 2 heterocycles. The highest BCUT2D eigenvalue weighted by Gasteiger charge is 2.23. The summed E-state index contributed by atoms with van der Waals surface area (Å²) in [4.78, 5) is 25.6. The van der Waals surface area contributed by atoms with Gasteiger partial charge in [-0.05, 0) is 38.1 Å². The van der Waals surface area contributed by atoms with Gasteiger partial charge in [-0.1, -0.05) is 29.8 Å². The number of aromatic nitrogens is 2. The van der Waals surface area contributed by atoms with Gasteiger partial charge >= 0.3 is 6.03 Å². The van der Waals surface area contributed by atoms with Crippen LogP contribution in [0.4, 0.5) is 16.3 Å². The standard InChI is InChI=1S/C24H27N5O3/c1-17-8-10-19(11-9-17)32-23-16-22(25-18(2)26-23)28-12-14-29(15-13-28)24(30)27-20-6-4-5-7-21(20)31-3/h4-11,16H,12-15H2,1-3H3,(H,27,30). The lowest BCUT2D eigenvalue weighted by Gasteiger charge is -2.35. The molecule has 8 heteroatoms. The van der Waals surface area contributed by atoms with Crippen LogP contribution in [0.15, 0.2) is 54.6 Å². The molecule has 1 aromatic heterocycles. The van der Waals surface area contributed by atoms with Gasteiger partial charge in [0.25, 0.3) is 0 Å². The second-order valence-electron chi connectivity index (χ2n) is 7.63. The maximum absolute atomic E-state index is 12.7. The minimum Gasteiger partial charge on any atom is -0.495 e. The summed E-state index contributed by atoms with van der Waals surface area (Å²) in [6.45, 7) is 6.38. The number of methoxy groups -OCH3 is 1. The number of amides is 2. The second-order valence-corrected chi connectivity index (χ2v) is 7.63. The zero-order valence-corrected chi connectivity index (χ0v) is 18.5. The number of hydrogen-bond acceptors (Lipinski definition) is 6. The van der Waals surface area contributed by atoms with Gasteiger partial charge in [0.15, 0.2) is 0 Å². The Morgan fingerprint density at radius 3 is 2.41 bits per heavy atom. The number of aryl methyl sites for hydroxylation is 2. The fourth-order valence-electron chi connectivity index (χ4n) is 3.55. The van der Waals surface area contributed by atoms with Gasteiger partial charge in [0.05, 0.1) is 12.8 Å². The number of piperazine rings is 1. The summed E-state index contributed by atoms with van der Waals surface area (Å²) >= 11 is 0. The van der Waals surface area contributed by atoms with E-state index in [0.29, 0.717) is 49.3 Å². The number of nitrogens with one attached hydrogen (secondary N) is 1. The van der Waals surface area contributed by atoms with E-state index in [0.717, 1.165) is 11.6 Å². The van der Waals surface area contributed by atoms with Crippen LogP contribution in [0.25, 0.3) is 0 Å². The van der Waals surface area contributed by atoms with Gasteiger partial charge in [-0.25, -0.2) is 9.78 Å². The molecule has 32 heavy (non-hydrogen) atoms. The van der Waals surface area contributed by atoms with E-state index in [9.17, 15) is 4.79 Å². The molecular weight excluding hydrogens is 406 g/mol. The van der Waals surface area contributed by atoms with Crippen molar-refractivity contribution < 1.29 is 14.3 Å². The Bertz CT molecular complexity index is 1080. The highest BCUT2D eigenvalue weighted by Crippen LogP contribution is 2.26. The molecule has 166 valence electrons. The van der Waals surface area contributed by atoms with Gasteiger partial charge in [-0.3, -0.25) is 0 Å². The van der Waals surface area contributed by atoms with Crippen molar-refractivity contribution in [3.05, 3.63) is 66.0 Å². The van der Waals surface area contributed by atoms with Crippen molar-refractivity contribution in [1.29, 1.82) is 0 Å². The molecule has 2 aromatic carbocycles. The molecule has 2 amide bonds. The number of urea groups is 1. The lowest BCUT2D eigenvalue weighted by Crippen LogP contribution is -2.50. The predicted octanol–water partition coefficient (Wildman–Crippen LogP) is 4.25. The van der Waals surface area contributed by atoms with E-state index in [-0.39, 0.29) is 6.03 Å². The molecule has 1 fully saturated rings. The van der Waals surface area contributed by atoms with E-state index < -0.39 is 0 Å². The van der Waals surface area contributed by atoms with E-state index in [2.05, 4.69) is 20.2 Å². The van der Waals surface area contributed by atoms with Crippen LogP contribution < -0.4 is 19.7 Å². The molecule has 1 N–H and O–H groups in total. The Labute approximate surface area is 187 Å². The van der Waals surface area contributed by atoms with Crippen LogP contribution in [0.5, 0.6) is 17.4 Å². The van der Waals surface area contributed by atoms with Crippen LogP contribution in [0.2, 0.25) is 0 Å². The van der Waals surface area contributed by atoms with Gasteiger partial charge in [0, 0.05) is 32.2 Å². The average molecular weight is 434 g/mol. The fraction of sp³-hybridized carbons (Fsp3) is 0.292. The normalized spacial score (nSPS) is 13.6. The number of benzene rings is 2. The molecule has 1 saturated heterocycles. The number of para-hydroxylation sites is 2. The van der Waals surface area contributed by atoms with Gasteiger partial charge in [0.2, 0.25) is 5.88 Å². The topological polar surface area (TPSA) is 79.8 Å². The number of hydrogen-bond donors (Lipinski definition) is 1. The van der Waals surface area contributed by atoms with Crippen molar-refractivity contribution >= 4 is 17.5 Å². The summed E-state index contributed by atoms with van der Waals surface area (Å²) in [5, 5.41) is 2.93. The summed E-state index contributed by atoms with van der Waals surface area (Å²) in [6, 6.07) is 16.9. The maximum Gasteiger partial charge on any atom is 0.322 e. The van der Waals surface area contributed by atoms with Crippen LogP contribution in [0.3, 0.4) is 0 Å². The number of anilines is 2. The van der Waals surface area contributed by atoms with Crippen molar-refractivity contribution in [1.82, 2.24) is 14.9 Å². The van der Waals surface area contributed by atoms with Gasteiger partial charge < -0.3 is 24.6 Å². The Balaban J connectivity index is 1.39. The van der Waals surface area contributed by atoms with Crippen molar-refractivity contribution in [2.45, 2.75) is 13.8 Å². The summed E-state index contributed by atoms with van der Waals surface area (Å²) in [7, 11) is 1.59. The number of ether oxygens (including phenoxy) is 2. The smallest absolute Gasteiger partial charge is 0.322 e. The Morgan fingerprint density at radius 1 is 0.969 bits per heavy atom. The van der Waals surface area contributed by atoms with Crippen molar-refractivity contribution in [2.75, 3.05) is 43.5 Å². The van der Waals surface area contributed by atoms with Crippen molar-refractivity contribution in [3.63, 3.8) is 0 Å². The zero-order valence-electron chi connectivity index (χ0n) is 18.5. The molecule has 0 saturated carbocycles. The molecule has 0 bridgehead atoms. The van der Waals surface area contributed by atoms with E-state index in [4.69, 9.17) is 9.47 Å². The molecule has 1 aliphatic rings. The highest BCUT2D eigenvalue weighted by atomic mass is 16.5. The lowest BCUT2D eigenvalue weighted by molar-refractivity contribution is 0.208. The summed E-state index contributed by atoms with van der Waals surface area (Å²) in [5.41, 5.74) is 1.83. The molecule has 3 aromatic rings. The third-order valence-corrected chi connectivity index (χ3v) is 5.28. The van der Waals surface area contributed by atoms with Crippen molar-refractivity contribution in [3.8, 4) is 17.4 Å². The fourth-order valence-corrected chi connectivity index (χ4v) is 3.55. The highest BCUT2D eigenvalue weighted by molar-refractivity contribution is 5.91. The first kappa shape index (κ1) is 21.4. The largest absolute Gasteiger partial charge is 0.495 e. The molecule has 4 rings (SSSR count). The van der Waals surface area contributed by atoms with Gasteiger partial charge in [-0.2, -0.15) is 4.98 Å². The Hall–Kier alpha value is -3.81. The summed E-state index contributed by atoms with van der Waals surface area (Å²) in [6.07, 6.45) is 0. The SMILES string of the molecule is COc1ccccc1NC(=O)N1CCN(c2cc(Oc3ccc(C)cc3)nc(C)n2)CC1. The van der Waals surface area contributed by atoms with Crippen molar-refractivity contribution in [2.24, 2.45) is 0 Å². The number of nitrogens with zero attached hydrogens (tertiary/aromatic N) is 4. The minimum absolute atomic E-state index is 0.142. The molecule has 0 atom stereocenters. The molecule has 0 spiro atoms. The number of rotatable bonds is 5. The van der Waals surface area contributed by atoms with Crippen LogP contribution in [-0.4, -0.2) is 54.2 Å². The first-order chi connectivity index (χ1) is 15.5. The maximum atomic E-state index is 12.7. The number of carbonyl (C=O) groups excluding carboxylic acids is 1. The van der Waals surface area contributed by atoms with E-state index in [1.165, 1.54) is 5.56 Å². The third-order valence-electron chi connectivity index (χ3n) is 5.28. The third kappa shape index (κ3) is 5.08. The summed E-state index contributed by atoms with van der Waals surface area (Å²) < 4.78 is 11.2. The van der Waals surface area contributed by atoms with Crippen LogP contribution in [0, 0.1) is 13.8 Å². The van der Waals surface area contributed by atoms with Gasteiger partial charge in [-0.15, -0.1) is 0 Å². The van der Waals surface area contributed by atoms with E-state index >= 15 is 0 Å². The number of carbonyl (C=O) groups is 1. The molecule has 0 radical (unpaired) electrons. The molecular formula is C24H27N5O3. The first-order valence-corrected chi connectivity index (χ1v) is 10.6. The van der Waals surface area contributed by atoms with Crippen LogP contribution >= 0.6 is 0 Å². The first-order valence-electron chi connectivity index (χ1n) is 10.6. The predicted molar refractivity (Wildman–Crippen MR) is 124 cm³/mol. The lowest BCUT2D eigenvalue weighted by atomic mass is 10.2. The van der Waals surface area contributed by atoms with Crippen LogP contribution in [-0.2, 0) is 0 Å². The Kier molecular flexibility index (Phi) is 6.39. The molecule has 0 unspecified atom stereocenters. The Morgan fingerprint density at radius 2 is 1.69 bits per heavy atom. The van der Waals surface area contributed by atoms with E-state index in [1.54, 1.807) is 12.0 Å². The summed E-state index contributed by atoms with van der Waals surface area (Å²) in [5.74, 6) is 3.31. The molecule has 0 aliphatic carbocycles. The average Bonchev–Trinajstić information content (AvgIpc) is 2.80. The van der Waals surface area contributed by atoms with E-state index in [1.807, 2.05) is 68.4 Å².